The molecule has 3 heteroatoms. The first-order chi connectivity index (χ1) is 17.6. The molecule has 0 aromatic rings. The molecule has 0 saturated heterocycles. The third kappa shape index (κ3) is 23.5. The first kappa shape index (κ1) is 36.9. The van der Waals surface area contributed by atoms with Gasteiger partial charge in [0.25, 0.3) is 0 Å². The largest absolute Gasteiger partial charge is 0.366 e. The average Bonchev–Trinajstić information content (AvgIpc) is 2.84. The summed E-state index contributed by atoms with van der Waals surface area (Å²) < 4.78 is 8.56. The standard InChI is InChI=1S/C34H74N2O/c1-9-11-13-15-17-19-21-23-25-27-29-35(5,6)31-34(4)37-32-33(3)36(7,8)30-28-26-24-22-20-18-16-14-12-10-2/h33-34H,9-32H2,1-8H3/q+2. The fourth-order valence-corrected chi connectivity index (χ4v) is 5.60. The lowest BCUT2D eigenvalue weighted by Gasteiger charge is -2.37. The maximum atomic E-state index is 6.39. The molecule has 37 heavy (non-hydrogen) atoms. The highest BCUT2D eigenvalue weighted by molar-refractivity contribution is 4.56. The Morgan fingerprint density at radius 1 is 0.486 bits per heavy atom. The Hall–Kier alpha value is -0.120. The lowest BCUT2D eigenvalue weighted by molar-refractivity contribution is -0.914. The van der Waals surface area contributed by atoms with E-state index in [0.29, 0.717) is 12.1 Å². The van der Waals surface area contributed by atoms with Crippen molar-refractivity contribution in [2.45, 2.75) is 168 Å². The Labute approximate surface area is 236 Å². The number of ether oxygens (including phenoxy) is 1. The molecule has 0 spiro atoms. The van der Waals surface area contributed by atoms with Crippen LogP contribution in [0.5, 0.6) is 0 Å². The first-order valence-electron chi connectivity index (χ1n) is 16.9. The molecular weight excluding hydrogens is 452 g/mol. The molecule has 0 fully saturated rings. The molecule has 2 unspecified atom stereocenters. The smallest absolute Gasteiger partial charge is 0.109 e. The first-order valence-corrected chi connectivity index (χ1v) is 16.9. The van der Waals surface area contributed by atoms with Crippen LogP contribution in [0.1, 0.15) is 156 Å². The summed E-state index contributed by atoms with van der Waals surface area (Å²) in [5.74, 6) is 0. The van der Waals surface area contributed by atoms with E-state index < -0.39 is 0 Å². The number of nitrogens with zero attached hydrogens (tertiary/aromatic N) is 2. The summed E-state index contributed by atoms with van der Waals surface area (Å²) in [5, 5.41) is 0. The molecule has 0 aromatic carbocycles. The SMILES string of the molecule is CCCCCCCCCCCC[N+](C)(C)CC(C)OCC(C)[N+](C)(C)CCCCCCCCCCCC. The van der Waals surface area contributed by atoms with Crippen LogP contribution in [0, 0.1) is 0 Å². The van der Waals surface area contributed by atoms with E-state index in [-0.39, 0.29) is 0 Å². The van der Waals surface area contributed by atoms with Crippen LogP contribution in [-0.2, 0) is 4.74 Å². The molecule has 224 valence electrons. The van der Waals surface area contributed by atoms with Gasteiger partial charge in [0.05, 0.1) is 47.9 Å². The Kier molecular flexibility index (Phi) is 23.7. The molecule has 0 N–H and O–H groups in total. The highest BCUT2D eigenvalue weighted by Crippen LogP contribution is 2.16. The Morgan fingerprint density at radius 2 is 0.838 bits per heavy atom. The summed E-state index contributed by atoms with van der Waals surface area (Å²) in [5.41, 5.74) is 0. The minimum atomic E-state index is 0.331. The summed E-state index contributed by atoms with van der Waals surface area (Å²) >= 11 is 0. The molecular formula is C34H74N2O+2. The van der Waals surface area contributed by atoms with Crippen LogP contribution >= 0.6 is 0 Å². The Bertz CT molecular complexity index is 476. The van der Waals surface area contributed by atoms with E-state index in [4.69, 9.17) is 4.74 Å². The molecule has 0 saturated carbocycles. The number of likely N-dealkylation sites (N-methyl/N-ethyl adjacent to an activating group) is 2. The normalized spacial score (nSPS) is 14.3. The Morgan fingerprint density at radius 3 is 1.24 bits per heavy atom. The van der Waals surface area contributed by atoms with Gasteiger partial charge in [-0.25, -0.2) is 0 Å². The fraction of sp³-hybridized carbons (Fsp3) is 1.00. The van der Waals surface area contributed by atoms with Gasteiger partial charge in [-0.15, -0.1) is 0 Å². The fourth-order valence-electron chi connectivity index (χ4n) is 5.60. The second kappa shape index (κ2) is 23.7. The maximum Gasteiger partial charge on any atom is 0.109 e. The second-order valence-electron chi connectivity index (χ2n) is 13.7. The van der Waals surface area contributed by atoms with Crippen molar-refractivity contribution in [1.29, 1.82) is 0 Å². The van der Waals surface area contributed by atoms with E-state index in [1.165, 1.54) is 142 Å². The van der Waals surface area contributed by atoms with Crippen LogP contribution in [-0.4, -0.2) is 75.5 Å². The van der Waals surface area contributed by atoms with Crippen LogP contribution in [0.3, 0.4) is 0 Å². The van der Waals surface area contributed by atoms with Crippen LogP contribution < -0.4 is 0 Å². The van der Waals surface area contributed by atoms with Crippen LogP contribution in [0.25, 0.3) is 0 Å². The molecule has 0 aromatic heterocycles. The summed E-state index contributed by atoms with van der Waals surface area (Å²) in [6.07, 6.45) is 28.6. The maximum absolute atomic E-state index is 6.39. The zero-order valence-electron chi connectivity index (χ0n) is 27.4. The molecule has 0 rings (SSSR count). The van der Waals surface area contributed by atoms with Gasteiger partial charge < -0.3 is 13.7 Å². The molecule has 3 nitrogen and oxygen atoms in total. The van der Waals surface area contributed by atoms with E-state index >= 15 is 0 Å². The van der Waals surface area contributed by atoms with Crippen molar-refractivity contribution in [3.8, 4) is 0 Å². The second-order valence-corrected chi connectivity index (χ2v) is 13.7. The third-order valence-electron chi connectivity index (χ3n) is 8.77. The summed E-state index contributed by atoms with van der Waals surface area (Å²) in [6.45, 7) is 13.8. The van der Waals surface area contributed by atoms with E-state index in [2.05, 4.69) is 55.9 Å². The monoisotopic (exact) mass is 527 g/mol. The van der Waals surface area contributed by atoms with Gasteiger partial charge in [0.1, 0.15) is 18.7 Å². The molecule has 0 radical (unpaired) electrons. The minimum absolute atomic E-state index is 0.331. The van der Waals surface area contributed by atoms with Gasteiger partial charge in [-0.05, 0) is 39.5 Å². The molecule has 0 bridgehead atoms. The lowest BCUT2D eigenvalue weighted by atomic mass is 10.1. The lowest BCUT2D eigenvalue weighted by Crippen LogP contribution is -2.51. The predicted molar refractivity (Wildman–Crippen MR) is 167 cm³/mol. The average molecular weight is 527 g/mol. The zero-order chi connectivity index (χ0) is 27.8. The van der Waals surface area contributed by atoms with Crippen LogP contribution in [0.2, 0.25) is 0 Å². The van der Waals surface area contributed by atoms with Crippen molar-refractivity contribution in [2.24, 2.45) is 0 Å². The van der Waals surface area contributed by atoms with Crippen molar-refractivity contribution < 1.29 is 13.7 Å². The quantitative estimate of drug-likeness (QED) is 0.0728. The number of hydrogen-bond acceptors (Lipinski definition) is 1. The van der Waals surface area contributed by atoms with Crippen molar-refractivity contribution in [3.05, 3.63) is 0 Å². The number of quaternary nitrogens is 2. The molecule has 0 aliphatic carbocycles. The molecule has 0 aliphatic rings. The molecule has 2 atom stereocenters. The van der Waals surface area contributed by atoms with Gasteiger partial charge in [0.2, 0.25) is 0 Å². The minimum Gasteiger partial charge on any atom is -0.366 e. The summed E-state index contributed by atoms with van der Waals surface area (Å²) in [4.78, 5) is 0. The number of rotatable bonds is 28. The molecule has 0 heterocycles. The highest BCUT2D eigenvalue weighted by atomic mass is 16.5. The number of hydrogen-bond donors (Lipinski definition) is 0. The van der Waals surface area contributed by atoms with Gasteiger partial charge in [-0.3, -0.25) is 0 Å². The summed E-state index contributed by atoms with van der Waals surface area (Å²) in [7, 11) is 9.58. The predicted octanol–water partition coefficient (Wildman–Crippen LogP) is 9.77. The van der Waals surface area contributed by atoms with Gasteiger partial charge in [0, 0.05) is 0 Å². The van der Waals surface area contributed by atoms with E-state index in [1.807, 2.05) is 0 Å². The molecule has 0 aliphatic heterocycles. The Balaban J connectivity index is 3.87. The van der Waals surface area contributed by atoms with Crippen LogP contribution in [0.15, 0.2) is 0 Å². The van der Waals surface area contributed by atoms with E-state index in [1.54, 1.807) is 0 Å². The van der Waals surface area contributed by atoms with Crippen molar-refractivity contribution in [2.75, 3.05) is 54.4 Å². The van der Waals surface area contributed by atoms with Gasteiger partial charge >= 0.3 is 0 Å². The number of unbranched alkanes of at least 4 members (excludes halogenated alkanes) is 18. The van der Waals surface area contributed by atoms with Gasteiger partial charge in [-0.2, -0.15) is 0 Å². The third-order valence-corrected chi connectivity index (χ3v) is 8.77. The van der Waals surface area contributed by atoms with Crippen LogP contribution in [0.4, 0.5) is 0 Å². The summed E-state index contributed by atoms with van der Waals surface area (Å²) in [6, 6.07) is 0.554. The zero-order valence-corrected chi connectivity index (χ0v) is 27.4. The van der Waals surface area contributed by atoms with Gasteiger partial charge in [0.15, 0.2) is 0 Å². The van der Waals surface area contributed by atoms with E-state index in [9.17, 15) is 0 Å². The van der Waals surface area contributed by atoms with E-state index in [0.717, 1.165) is 22.1 Å². The van der Waals surface area contributed by atoms with Crippen molar-refractivity contribution in [3.63, 3.8) is 0 Å². The molecule has 0 amide bonds. The van der Waals surface area contributed by atoms with Crippen molar-refractivity contribution >= 4 is 0 Å². The van der Waals surface area contributed by atoms with Crippen molar-refractivity contribution in [1.82, 2.24) is 0 Å². The topological polar surface area (TPSA) is 9.23 Å². The highest BCUT2D eigenvalue weighted by Gasteiger charge is 2.26. The van der Waals surface area contributed by atoms with Gasteiger partial charge in [-0.1, -0.05) is 117 Å².